The van der Waals surface area contributed by atoms with Gasteiger partial charge in [-0.1, -0.05) is 6.92 Å². The van der Waals surface area contributed by atoms with Gasteiger partial charge in [-0.3, -0.25) is 4.79 Å². The van der Waals surface area contributed by atoms with Gasteiger partial charge in [0.2, 0.25) is 0 Å². The monoisotopic (exact) mass is 319 g/mol. The number of carboxylic acid groups (broad SMARTS) is 1. The molecule has 0 amide bonds. The number of piperidine rings is 1. The van der Waals surface area contributed by atoms with Crippen molar-refractivity contribution < 1.29 is 18.3 Å². The predicted molar refractivity (Wildman–Crippen MR) is 79.2 cm³/mol. The summed E-state index contributed by atoms with van der Waals surface area (Å²) in [6, 6.07) is 0. The first-order valence-corrected chi connectivity index (χ1v) is 9.05. The highest BCUT2D eigenvalue weighted by atomic mass is 32.2. The Hall–Kier alpha value is -0.700. The van der Waals surface area contributed by atoms with Gasteiger partial charge in [0.05, 0.1) is 5.92 Å². The Bertz CT molecular complexity index is 452. The van der Waals surface area contributed by atoms with Gasteiger partial charge in [-0.25, -0.2) is 0 Å². The summed E-state index contributed by atoms with van der Waals surface area (Å²) in [6.45, 7) is 6.37. The summed E-state index contributed by atoms with van der Waals surface area (Å²) < 4.78 is 28.1. The van der Waals surface area contributed by atoms with Crippen molar-refractivity contribution in [3.05, 3.63) is 0 Å². The van der Waals surface area contributed by atoms with Crippen LogP contribution in [0.4, 0.5) is 0 Å². The van der Waals surface area contributed by atoms with Crippen LogP contribution in [0.3, 0.4) is 0 Å². The van der Waals surface area contributed by atoms with E-state index in [1.165, 1.54) is 4.31 Å². The molecule has 2 rings (SSSR count). The summed E-state index contributed by atoms with van der Waals surface area (Å²) in [7, 11) is -3.43. The highest BCUT2D eigenvalue weighted by Gasteiger charge is 2.35. The summed E-state index contributed by atoms with van der Waals surface area (Å²) in [5, 5.41) is 8.97. The molecule has 0 aromatic heterocycles. The molecule has 2 heterocycles. The molecule has 0 unspecified atom stereocenters. The molecule has 7 nitrogen and oxygen atoms in total. The second-order valence-corrected chi connectivity index (χ2v) is 7.69. The Morgan fingerprint density at radius 1 is 1.05 bits per heavy atom. The molecule has 0 aromatic rings. The number of aliphatic carboxylic acids is 1. The van der Waals surface area contributed by atoms with E-state index in [0.717, 1.165) is 26.1 Å². The van der Waals surface area contributed by atoms with E-state index in [2.05, 4.69) is 11.8 Å². The molecule has 8 heteroatoms. The fourth-order valence-corrected chi connectivity index (χ4v) is 4.62. The Morgan fingerprint density at radius 2 is 1.57 bits per heavy atom. The lowest BCUT2D eigenvalue weighted by molar-refractivity contribution is -0.142. The fourth-order valence-electron chi connectivity index (χ4n) is 3.00. The standard InChI is InChI=1S/C13H25N3O4S/c1-2-5-14-8-10-16(11-9-14)21(19,20)15-6-3-12(4-7-15)13(17)18/h12H,2-11H2,1H3,(H,17,18). The molecule has 0 radical (unpaired) electrons. The van der Waals surface area contributed by atoms with E-state index < -0.39 is 22.1 Å². The maximum absolute atomic E-state index is 12.6. The third-order valence-corrected chi connectivity index (χ3v) is 6.36. The van der Waals surface area contributed by atoms with Gasteiger partial charge in [-0.05, 0) is 25.8 Å². The minimum absolute atomic E-state index is 0.314. The first-order valence-electron chi connectivity index (χ1n) is 7.65. The minimum Gasteiger partial charge on any atom is -0.481 e. The molecule has 0 bridgehead atoms. The molecule has 2 aliphatic heterocycles. The van der Waals surface area contributed by atoms with Crippen molar-refractivity contribution in [3.63, 3.8) is 0 Å². The number of nitrogens with zero attached hydrogens (tertiary/aromatic N) is 3. The van der Waals surface area contributed by atoms with Crippen LogP contribution < -0.4 is 0 Å². The predicted octanol–water partition coefficient (Wildman–Crippen LogP) is 0.0554. The quantitative estimate of drug-likeness (QED) is 0.775. The number of carboxylic acids is 1. The minimum atomic E-state index is -3.43. The van der Waals surface area contributed by atoms with Crippen LogP contribution in [0.25, 0.3) is 0 Å². The van der Waals surface area contributed by atoms with Crippen molar-refractivity contribution in [2.75, 3.05) is 45.8 Å². The van der Waals surface area contributed by atoms with Gasteiger partial charge >= 0.3 is 5.97 Å². The first-order chi connectivity index (χ1) is 9.95. The normalized spacial score (nSPS) is 24.2. The van der Waals surface area contributed by atoms with Gasteiger partial charge in [-0.2, -0.15) is 17.0 Å². The van der Waals surface area contributed by atoms with Crippen LogP contribution in [0.5, 0.6) is 0 Å². The summed E-state index contributed by atoms with van der Waals surface area (Å²) in [4.78, 5) is 13.2. The Balaban J connectivity index is 1.90. The molecule has 2 fully saturated rings. The topological polar surface area (TPSA) is 81.2 Å². The van der Waals surface area contributed by atoms with Gasteiger partial charge in [0.25, 0.3) is 10.2 Å². The Labute approximate surface area is 126 Å². The molecule has 0 aliphatic carbocycles. The average Bonchev–Trinajstić information content (AvgIpc) is 2.48. The number of hydrogen-bond donors (Lipinski definition) is 1. The van der Waals surface area contributed by atoms with Crippen LogP contribution in [0.15, 0.2) is 0 Å². The SMILES string of the molecule is CCCN1CCN(S(=O)(=O)N2CCC(C(=O)O)CC2)CC1. The van der Waals surface area contributed by atoms with Gasteiger partial charge in [0.15, 0.2) is 0 Å². The molecule has 122 valence electrons. The van der Waals surface area contributed by atoms with E-state index >= 15 is 0 Å². The zero-order valence-electron chi connectivity index (χ0n) is 12.6. The Morgan fingerprint density at radius 3 is 2.05 bits per heavy atom. The summed E-state index contributed by atoms with van der Waals surface area (Å²) in [6.07, 6.45) is 1.89. The van der Waals surface area contributed by atoms with Gasteiger partial charge in [-0.15, -0.1) is 0 Å². The number of rotatable bonds is 5. The second-order valence-electron chi connectivity index (χ2n) is 5.76. The molecule has 0 spiro atoms. The van der Waals surface area contributed by atoms with Crippen molar-refractivity contribution in [1.29, 1.82) is 0 Å². The summed E-state index contributed by atoms with van der Waals surface area (Å²) >= 11 is 0. The molecular weight excluding hydrogens is 294 g/mol. The lowest BCUT2D eigenvalue weighted by Gasteiger charge is -2.38. The molecule has 2 aliphatic rings. The molecule has 0 saturated carbocycles. The first kappa shape index (κ1) is 16.7. The van der Waals surface area contributed by atoms with E-state index in [-0.39, 0.29) is 0 Å². The lowest BCUT2D eigenvalue weighted by atomic mass is 9.99. The molecular formula is C13H25N3O4S. The molecule has 0 atom stereocenters. The van der Waals surface area contributed by atoms with E-state index in [1.807, 2.05) is 0 Å². The molecule has 1 N–H and O–H groups in total. The van der Waals surface area contributed by atoms with Crippen molar-refractivity contribution in [1.82, 2.24) is 13.5 Å². The highest BCUT2D eigenvalue weighted by Crippen LogP contribution is 2.22. The zero-order valence-corrected chi connectivity index (χ0v) is 13.4. The smallest absolute Gasteiger partial charge is 0.306 e. The average molecular weight is 319 g/mol. The Kier molecular flexibility index (Phi) is 5.59. The van der Waals surface area contributed by atoms with E-state index in [0.29, 0.717) is 39.0 Å². The lowest BCUT2D eigenvalue weighted by Crippen LogP contribution is -2.54. The van der Waals surface area contributed by atoms with Crippen LogP contribution in [-0.4, -0.2) is 78.8 Å². The van der Waals surface area contributed by atoms with Crippen LogP contribution in [-0.2, 0) is 15.0 Å². The summed E-state index contributed by atoms with van der Waals surface area (Å²) in [5.41, 5.74) is 0. The van der Waals surface area contributed by atoms with E-state index in [4.69, 9.17) is 5.11 Å². The van der Waals surface area contributed by atoms with Crippen LogP contribution in [0.1, 0.15) is 26.2 Å². The van der Waals surface area contributed by atoms with Crippen molar-refractivity contribution in [2.45, 2.75) is 26.2 Å². The van der Waals surface area contributed by atoms with E-state index in [1.54, 1.807) is 4.31 Å². The van der Waals surface area contributed by atoms with Gasteiger partial charge in [0.1, 0.15) is 0 Å². The largest absolute Gasteiger partial charge is 0.481 e. The van der Waals surface area contributed by atoms with Crippen molar-refractivity contribution in [2.24, 2.45) is 5.92 Å². The number of carbonyl (C=O) groups is 1. The number of hydrogen-bond acceptors (Lipinski definition) is 4. The molecule has 0 aromatic carbocycles. The van der Waals surface area contributed by atoms with Crippen LogP contribution >= 0.6 is 0 Å². The van der Waals surface area contributed by atoms with Crippen LogP contribution in [0, 0.1) is 5.92 Å². The second kappa shape index (κ2) is 7.04. The maximum Gasteiger partial charge on any atom is 0.306 e. The highest BCUT2D eigenvalue weighted by molar-refractivity contribution is 7.86. The summed E-state index contributed by atoms with van der Waals surface area (Å²) in [5.74, 6) is -1.22. The number of piperazine rings is 1. The van der Waals surface area contributed by atoms with Gasteiger partial charge < -0.3 is 10.0 Å². The van der Waals surface area contributed by atoms with Crippen molar-refractivity contribution >= 4 is 16.2 Å². The van der Waals surface area contributed by atoms with Gasteiger partial charge in [0, 0.05) is 39.3 Å². The molecule has 2 saturated heterocycles. The third-order valence-electron chi connectivity index (χ3n) is 4.33. The van der Waals surface area contributed by atoms with Crippen LogP contribution in [0.2, 0.25) is 0 Å². The molecule has 21 heavy (non-hydrogen) atoms. The maximum atomic E-state index is 12.6. The fraction of sp³-hybridized carbons (Fsp3) is 0.923. The van der Waals surface area contributed by atoms with E-state index in [9.17, 15) is 13.2 Å². The zero-order chi connectivity index (χ0) is 15.5. The van der Waals surface area contributed by atoms with Crippen molar-refractivity contribution in [3.8, 4) is 0 Å². The third kappa shape index (κ3) is 3.94.